The normalized spacial score (nSPS) is 24.1. The summed E-state index contributed by atoms with van der Waals surface area (Å²) in [6, 6.07) is 8.65. The van der Waals surface area contributed by atoms with E-state index in [-0.39, 0.29) is 0 Å². The van der Waals surface area contributed by atoms with Crippen LogP contribution in [0.5, 0.6) is 0 Å². The summed E-state index contributed by atoms with van der Waals surface area (Å²) in [6.45, 7) is 0. The van der Waals surface area contributed by atoms with Gasteiger partial charge < -0.3 is 11.1 Å². The van der Waals surface area contributed by atoms with E-state index >= 15 is 0 Å². The van der Waals surface area contributed by atoms with Crippen LogP contribution in [-0.4, -0.2) is 12.1 Å². The van der Waals surface area contributed by atoms with E-state index in [1.165, 1.54) is 12.8 Å². The molecule has 3 N–H and O–H groups in total. The molecule has 0 aliphatic heterocycles. The lowest BCUT2D eigenvalue weighted by Crippen LogP contribution is -2.34. The molecule has 0 radical (unpaired) electrons. The molecule has 0 aromatic heterocycles. The molecule has 17 heavy (non-hydrogen) atoms. The van der Waals surface area contributed by atoms with Crippen LogP contribution in [0, 0.1) is 11.3 Å². The van der Waals surface area contributed by atoms with Crippen molar-refractivity contribution in [3.63, 3.8) is 0 Å². The first kappa shape index (κ1) is 12.4. The molecule has 0 heterocycles. The number of nitrogens with two attached hydrogens (primary N) is 1. The molecule has 4 heteroatoms. The summed E-state index contributed by atoms with van der Waals surface area (Å²) in [5.41, 5.74) is 7.68. The number of nitrogens with one attached hydrogen (secondary N) is 1. The Morgan fingerprint density at radius 2 is 2.24 bits per heavy atom. The molecule has 1 aliphatic rings. The van der Waals surface area contributed by atoms with Crippen LogP contribution in [0.2, 0.25) is 0 Å². The van der Waals surface area contributed by atoms with E-state index in [1.807, 2.05) is 18.2 Å². The highest BCUT2D eigenvalue weighted by Gasteiger charge is 2.18. The number of rotatable bonds is 2. The lowest BCUT2D eigenvalue weighted by atomic mass is 9.91. The number of nitrogens with zero attached hydrogens (tertiary/aromatic N) is 1. The molecule has 1 aliphatic carbocycles. The Hall–Kier alpha value is -1.05. The zero-order valence-electron chi connectivity index (χ0n) is 9.62. The Kier molecular flexibility index (Phi) is 4.03. The van der Waals surface area contributed by atoms with Gasteiger partial charge in [0.15, 0.2) is 0 Å². The van der Waals surface area contributed by atoms with Gasteiger partial charge in [-0.2, -0.15) is 5.26 Å². The van der Waals surface area contributed by atoms with Gasteiger partial charge >= 0.3 is 0 Å². The van der Waals surface area contributed by atoms with Crippen LogP contribution in [0.4, 0.5) is 5.69 Å². The van der Waals surface area contributed by atoms with Crippen molar-refractivity contribution in [2.75, 3.05) is 5.32 Å². The van der Waals surface area contributed by atoms with E-state index < -0.39 is 0 Å². The van der Waals surface area contributed by atoms with Gasteiger partial charge in [0.1, 0.15) is 6.07 Å². The summed E-state index contributed by atoms with van der Waals surface area (Å²) in [7, 11) is 0. The number of halogens is 1. The second kappa shape index (κ2) is 5.52. The number of nitriles is 1. The first-order chi connectivity index (χ1) is 8.19. The van der Waals surface area contributed by atoms with Crippen LogP contribution in [0.3, 0.4) is 0 Å². The molecule has 3 nitrogen and oxygen atoms in total. The van der Waals surface area contributed by atoms with Gasteiger partial charge in [0.25, 0.3) is 0 Å². The lowest BCUT2D eigenvalue weighted by Gasteiger charge is -2.28. The SMILES string of the molecule is N#Cc1ccc(NC2CCCC(N)C2)cc1Br. The predicted octanol–water partition coefficient (Wildman–Crippen LogP) is 3.00. The van der Waals surface area contributed by atoms with E-state index in [9.17, 15) is 0 Å². The molecular weight excluding hydrogens is 278 g/mol. The standard InChI is InChI=1S/C13H16BrN3/c14-13-7-12(5-4-9(13)8-15)17-11-3-1-2-10(16)6-11/h4-5,7,10-11,17H,1-3,6,16H2. The van der Waals surface area contributed by atoms with Crippen LogP contribution >= 0.6 is 15.9 Å². The minimum atomic E-state index is 0.322. The maximum absolute atomic E-state index is 8.85. The molecule has 90 valence electrons. The van der Waals surface area contributed by atoms with Gasteiger partial charge in [-0.05, 0) is 59.8 Å². The lowest BCUT2D eigenvalue weighted by molar-refractivity contribution is 0.409. The molecule has 0 saturated heterocycles. The van der Waals surface area contributed by atoms with Crippen LogP contribution in [0.15, 0.2) is 22.7 Å². The Bertz CT molecular complexity index is 439. The van der Waals surface area contributed by atoms with E-state index in [1.54, 1.807) is 0 Å². The van der Waals surface area contributed by atoms with Gasteiger partial charge in [0.2, 0.25) is 0 Å². The fraction of sp³-hybridized carbons (Fsp3) is 0.462. The fourth-order valence-corrected chi connectivity index (χ4v) is 2.76. The summed E-state index contributed by atoms with van der Waals surface area (Å²) in [6.07, 6.45) is 4.52. The molecule has 2 rings (SSSR count). The third-order valence-corrected chi connectivity index (χ3v) is 3.83. The summed E-state index contributed by atoms with van der Waals surface area (Å²) in [5, 5.41) is 12.3. The number of hydrogen-bond acceptors (Lipinski definition) is 3. The van der Waals surface area contributed by atoms with Crippen LogP contribution in [0.1, 0.15) is 31.2 Å². The van der Waals surface area contributed by atoms with Crippen molar-refractivity contribution in [3.8, 4) is 6.07 Å². The highest BCUT2D eigenvalue weighted by molar-refractivity contribution is 9.10. The maximum Gasteiger partial charge on any atom is 0.100 e. The second-order valence-corrected chi connectivity index (χ2v) is 5.43. The van der Waals surface area contributed by atoms with Gasteiger partial charge in [-0.25, -0.2) is 0 Å². The van der Waals surface area contributed by atoms with Crippen molar-refractivity contribution < 1.29 is 0 Å². The summed E-state index contributed by atoms with van der Waals surface area (Å²) in [4.78, 5) is 0. The van der Waals surface area contributed by atoms with E-state index in [0.717, 1.165) is 23.0 Å². The molecular formula is C13H16BrN3. The predicted molar refractivity (Wildman–Crippen MR) is 72.7 cm³/mol. The Labute approximate surface area is 110 Å². The van der Waals surface area contributed by atoms with Crippen molar-refractivity contribution in [2.45, 2.75) is 37.8 Å². The van der Waals surface area contributed by atoms with Crippen LogP contribution < -0.4 is 11.1 Å². The molecule has 2 unspecified atom stereocenters. The Morgan fingerprint density at radius 1 is 1.41 bits per heavy atom. The van der Waals surface area contributed by atoms with Crippen molar-refractivity contribution in [2.24, 2.45) is 5.73 Å². The summed E-state index contributed by atoms with van der Waals surface area (Å²) in [5.74, 6) is 0. The van der Waals surface area contributed by atoms with Gasteiger partial charge in [-0.1, -0.05) is 0 Å². The van der Waals surface area contributed by atoms with Crippen LogP contribution in [0.25, 0.3) is 0 Å². The average Bonchev–Trinajstić information content (AvgIpc) is 2.29. The van der Waals surface area contributed by atoms with Crippen molar-refractivity contribution >= 4 is 21.6 Å². The minimum Gasteiger partial charge on any atom is -0.382 e. The second-order valence-electron chi connectivity index (χ2n) is 4.57. The number of benzene rings is 1. The Morgan fingerprint density at radius 3 is 2.88 bits per heavy atom. The fourth-order valence-electron chi connectivity index (χ4n) is 2.29. The highest BCUT2D eigenvalue weighted by Crippen LogP contribution is 2.25. The molecule has 0 amide bonds. The van der Waals surface area contributed by atoms with Gasteiger partial charge in [0, 0.05) is 22.2 Å². The quantitative estimate of drug-likeness (QED) is 0.881. The molecule has 0 bridgehead atoms. The zero-order chi connectivity index (χ0) is 12.3. The Balaban J connectivity index is 2.04. The van der Waals surface area contributed by atoms with E-state index in [0.29, 0.717) is 17.6 Å². The number of anilines is 1. The highest BCUT2D eigenvalue weighted by atomic mass is 79.9. The topological polar surface area (TPSA) is 61.8 Å². The zero-order valence-corrected chi connectivity index (χ0v) is 11.2. The van der Waals surface area contributed by atoms with Crippen molar-refractivity contribution in [1.29, 1.82) is 5.26 Å². The van der Waals surface area contributed by atoms with E-state index in [2.05, 4.69) is 27.3 Å². The van der Waals surface area contributed by atoms with E-state index in [4.69, 9.17) is 11.0 Å². The largest absolute Gasteiger partial charge is 0.382 e. The maximum atomic E-state index is 8.85. The monoisotopic (exact) mass is 293 g/mol. The smallest absolute Gasteiger partial charge is 0.100 e. The molecule has 1 aromatic carbocycles. The third-order valence-electron chi connectivity index (χ3n) is 3.18. The average molecular weight is 294 g/mol. The molecule has 1 aromatic rings. The molecule has 1 saturated carbocycles. The summed E-state index contributed by atoms with van der Waals surface area (Å²) < 4.78 is 0.838. The van der Waals surface area contributed by atoms with Gasteiger partial charge in [0.05, 0.1) is 5.56 Å². The summed E-state index contributed by atoms with van der Waals surface area (Å²) >= 11 is 3.40. The van der Waals surface area contributed by atoms with Crippen LogP contribution in [-0.2, 0) is 0 Å². The third kappa shape index (κ3) is 3.21. The number of hydrogen-bond donors (Lipinski definition) is 2. The minimum absolute atomic E-state index is 0.322. The van der Waals surface area contributed by atoms with Crippen molar-refractivity contribution in [1.82, 2.24) is 0 Å². The van der Waals surface area contributed by atoms with Gasteiger partial charge in [-0.3, -0.25) is 0 Å². The van der Waals surface area contributed by atoms with Crippen molar-refractivity contribution in [3.05, 3.63) is 28.2 Å². The molecule has 2 atom stereocenters. The molecule has 0 spiro atoms. The first-order valence-corrected chi connectivity index (χ1v) is 6.70. The van der Waals surface area contributed by atoms with Gasteiger partial charge in [-0.15, -0.1) is 0 Å². The molecule has 1 fully saturated rings. The first-order valence-electron chi connectivity index (χ1n) is 5.91.